The summed E-state index contributed by atoms with van der Waals surface area (Å²) in [6, 6.07) is 6.88. The molecule has 1 heterocycles. The van der Waals surface area contributed by atoms with Gasteiger partial charge in [-0.2, -0.15) is 0 Å². The summed E-state index contributed by atoms with van der Waals surface area (Å²) in [5.74, 6) is -3.15. The van der Waals surface area contributed by atoms with Gasteiger partial charge < -0.3 is 10.0 Å². The van der Waals surface area contributed by atoms with Crippen molar-refractivity contribution in [3.63, 3.8) is 0 Å². The van der Waals surface area contributed by atoms with Crippen LogP contribution in [0.5, 0.6) is 0 Å². The lowest BCUT2D eigenvalue weighted by Gasteiger charge is -2.18. The molecule has 2 atom stereocenters. The Morgan fingerprint density at radius 1 is 1.12 bits per heavy atom. The highest BCUT2D eigenvalue weighted by Gasteiger charge is 2.42. The average molecular weight is 400 g/mol. The molecule has 3 rings (SSSR count). The van der Waals surface area contributed by atoms with E-state index in [2.05, 4.69) is 0 Å². The lowest BCUT2D eigenvalue weighted by Crippen LogP contribution is -2.37. The standard InChI is InChI=1S/C18H22ClNO5S/c19-13-7-5-12(6-8-13)15-9-20(10-16(15)18(22)23)17(21)11-26(24,25)14-3-1-2-4-14/h5-8,14-16H,1-4,9-11H2,(H,22,23)/t15-,16+/m0/s1. The molecule has 1 amide bonds. The summed E-state index contributed by atoms with van der Waals surface area (Å²) < 4.78 is 24.9. The molecular weight excluding hydrogens is 378 g/mol. The fraction of sp³-hybridized carbons (Fsp3) is 0.556. The molecule has 1 aromatic carbocycles. The van der Waals surface area contributed by atoms with Crippen molar-refractivity contribution < 1.29 is 23.1 Å². The van der Waals surface area contributed by atoms with Gasteiger partial charge in [-0.25, -0.2) is 8.42 Å². The number of hydrogen-bond acceptors (Lipinski definition) is 4. The van der Waals surface area contributed by atoms with Crippen molar-refractivity contribution in [2.75, 3.05) is 18.8 Å². The summed E-state index contributed by atoms with van der Waals surface area (Å²) in [6.45, 7) is 0.235. The van der Waals surface area contributed by atoms with Crippen LogP contribution in [-0.4, -0.2) is 54.4 Å². The molecule has 26 heavy (non-hydrogen) atoms. The number of nitrogens with zero attached hydrogens (tertiary/aromatic N) is 1. The van der Waals surface area contributed by atoms with Gasteiger partial charge in [0.15, 0.2) is 9.84 Å². The van der Waals surface area contributed by atoms with Crippen molar-refractivity contribution in [3.8, 4) is 0 Å². The van der Waals surface area contributed by atoms with Crippen LogP contribution in [0, 0.1) is 5.92 Å². The number of likely N-dealkylation sites (tertiary alicyclic amines) is 1. The zero-order valence-corrected chi connectivity index (χ0v) is 15.9. The number of sulfone groups is 1. The Hall–Kier alpha value is -1.60. The van der Waals surface area contributed by atoms with Gasteiger partial charge in [0.25, 0.3) is 0 Å². The molecule has 0 radical (unpaired) electrons. The van der Waals surface area contributed by atoms with E-state index in [0.717, 1.165) is 18.4 Å². The third kappa shape index (κ3) is 4.04. The number of benzene rings is 1. The second-order valence-electron chi connectivity index (χ2n) is 7.12. The molecule has 0 unspecified atom stereocenters. The van der Waals surface area contributed by atoms with Crippen molar-refractivity contribution in [2.24, 2.45) is 5.92 Å². The van der Waals surface area contributed by atoms with E-state index < -0.39 is 38.6 Å². The Morgan fingerprint density at radius 2 is 1.73 bits per heavy atom. The first kappa shape index (κ1) is 19.2. The van der Waals surface area contributed by atoms with Crippen LogP contribution in [0.1, 0.15) is 37.2 Å². The summed E-state index contributed by atoms with van der Waals surface area (Å²) >= 11 is 5.88. The molecule has 1 saturated carbocycles. The Balaban J connectivity index is 1.73. The number of hydrogen-bond donors (Lipinski definition) is 1. The molecule has 0 spiro atoms. The van der Waals surface area contributed by atoms with Gasteiger partial charge in [-0.1, -0.05) is 36.6 Å². The number of carboxylic acid groups (broad SMARTS) is 1. The normalized spacial score (nSPS) is 24.1. The summed E-state index contributed by atoms with van der Waals surface area (Å²) in [4.78, 5) is 25.6. The van der Waals surface area contributed by atoms with Crippen molar-refractivity contribution in [2.45, 2.75) is 36.9 Å². The number of carbonyl (C=O) groups is 2. The van der Waals surface area contributed by atoms with E-state index in [1.54, 1.807) is 24.3 Å². The number of aliphatic carboxylic acids is 1. The van der Waals surface area contributed by atoms with Gasteiger partial charge >= 0.3 is 5.97 Å². The minimum Gasteiger partial charge on any atom is -0.481 e. The van der Waals surface area contributed by atoms with Crippen LogP contribution in [0.15, 0.2) is 24.3 Å². The predicted molar refractivity (Wildman–Crippen MR) is 97.9 cm³/mol. The molecule has 0 bridgehead atoms. The van der Waals surface area contributed by atoms with Crippen LogP contribution in [0.3, 0.4) is 0 Å². The number of amides is 1. The van der Waals surface area contributed by atoms with Gasteiger partial charge in [0.1, 0.15) is 5.75 Å². The molecule has 2 aliphatic rings. The third-order valence-electron chi connectivity index (χ3n) is 5.42. The van der Waals surface area contributed by atoms with Crippen molar-refractivity contribution in [1.82, 2.24) is 4.90 Å². The summed E-state index contributed by atoms with van der Waals surface area (Å²) in [5.41, 5.74) is 0.788. The minimum absolute atomic E-state index is 0.0294. The molecule has 1 saturated heterocycles. The van der Waals surface area contributed by atoms with Gasteiger partial charge in [0.2, 0.25) is 5.91 Å². The zero-order chi connectivity index (χ0) is 18.9. The molecule has 6 nitrogen and oxygen atoms in total. The topological polar surface area (TPSA) is 91.8 Å². The van der Waals surface area contributed by atoms with Gasteiger partial charge in [-0.3, -0.25) is 9.59 Å². The quantitative estimate of drug-likeness (QED) is 0.820. The Labute approximate surface area is 158 Å². The smallest absolute Gasteiger partial charge is 0.308 e. The highest BCUT2D eigenvalue weighted by Crippen LogP contribution is 2.34. The molecule has 1 aliphatic heterocycles. The fourth-order valence-electron chi connectivity index (χ4n) is 3.93. The Morgan fingerprint density at radius 3 is 2.31 bits per heavy atom. The summed E-state index contributed by atoms with van der Waals surface area (Å²) in [5, 5.41) is 9.64. The monoisotopic (exact) mass is 399 g/mol. The van der Waals surface area contributed by atoms with Crippen molar-refractivity contribution in [3.05, 3.63) is 34.9 Å². The molecule has 1 N–H and O–H groups in total. The van der Waals surface area contributed by atoms with Crippen LogP contribution in [-0.2, 0) is 19.4 Å². The molecule has 2 fully saturated rings. The van der Waals surface area contributed by atoms with Crippen molar-refractivity contribution >= 4 is 33.3 Å². The molecule has 1 aliphatic carbocycles. The molecule has 1 aromatic rings. The molecular formula is C18H22ClNO5S. The van der Waals surface area contributed by atoms with E-state index in [0.29, 0.717) is 17.9 Å². The first-order chi connectivity index (χ1) is 12.3. The Kier molecular flexibility index (Phi) is 5.58. The number of rotatable bonds is 5. The van der Waals surface area contributed by atoms with Crippen molar-refractivity contribution in [1.29, 1.82) is 0 Å². The molecule has 142 valence electrons. The van der Waals surface area contributed by atoms with E-state index in [1.165, 1.54) is 4.90 Å². The van der Waals surface area contributed by atoms with Crippen LogP contribution < -0.4 is 0 Å². The van der Waals surface area contributed by atoms with E-state index in [4.69, 9.17) is 11.6 Å². The maximum Gasteiger partial charge on any atom is 0.308 e. The zero-order valence-electron chi connectivity index (χ0n) is 14.3. The van der Waals surface area contributed by atoms with Crippen LogP contribution in [0.25, 0.3) is 0 Å². The highest BCUT2D eigenvalue weighted by molar-refractivity contribution is 7.92. The first-order valence-corrected chi connectivity index (χ1v) is 10.8. The summed E-state index contributed by atoms with van der Waals surface area (Å²) in [6.07, 6.45) is 2.98. The SMILES string of the molecule is O=C(O)[C@@H]1CN(C(=O)CS(=O)(=O)C2CCCC2)C[C@H]1c1ccc(Cl)cc1. The van der Waals surface area contributed by atoms with Crippen LogP contribution >= 0.6 is 11.6 Å². The lowest BCUT2D eigenvalue weighted by molar-refractivity contribution is -0.141. The molecule has 0 aromatic heterocycles. The maximum absolute atomic E-state index is 12.5. The van der Waals surface area contributed by atoms with Gasteiger partial charge in [-0.05, 0) is 30.5 Å². The van der Waals surface area contributed by atoms with Gasteiger partial charge in [0.05, 0.1) is 11.2 Å². The predicted octanol–water partition coefficient (Wildman–Crippen LogP) is 2.32. The van der Waals surface area contributed by atoms with Crippen LogP contribution in [0.4, 0.5) is 0 Å². The second kappa shape index (κ2) is 7.56. The maximum atomic E-state index is 12.5. The van der Waals surface area contributed by atoms with E-state index in [9.17, 15) is 23.1 Å². The third-order valence-corrected chi connectivity index (χ3v) is 7.81. The van der Waals surface area contributed by atoms with Gasteiger partial charge in [-0.15, -0.1) is 0 Å². The van der Waals surface area contributed by atoms with E-state index in [-0.39, 0.29) is 19.0 Å². The molecule has 8 heteroatoms. The Bertz CT molecular complexity index is 786. The largest absolute Gasteiger partial charge is 0.481 e. The second-order valence-corrected chi connectivity index (χ2v) is 9.83. The number of halogens is 1. The summed E-state index contributed by atoms with van der Waals surface area (Å²) in [7, 11) is -3.48. The minimum atomic E-state index is -3.48. The van der Waals surface area contributed by atoms with E-state index >= 15 is 0 Å². The van der Waals surface area contributed by atoms with Gasteiger partial charge in [0, 0.05) is 24.0 Å². The lowest BCUT2D eigenvalue weighted by atomic mass is 9.89. The fourth-order valence-corrected chi connectivity index (χ4v) is 5.87. The first-order valence-electron chi connectivity index (χ1n) is 8.75. The average Bonchev–Trinajstić information content (AvgIpc) is 3.25. The van der Waals surface area contributed by atoms with Crippen LogP contribution in [0.2, 0.25) is 5.02 Å². The van der Waals surface area contributed by atoms with E-state index in [1.807, 2.05) is 0 Å². The highest BCUT2D eigenvalue weighted by atomic mass is 35.5. The number of carboxylic acids is 1. The number of carbonyl (C=O) groups excluding carboxylic acids is 1.